The SMILES string of the molecule is CC(C)[C@H](N)C(=O)NCC(=O)NCCC1CC2CCC1C2. The first-order valence-corrected chi connectivity index (χ1v) is 8.27. The molecule has 0 spiro atoms. The standard InChI is InChI=1S/C16H29N3O2/c1-10(2)15(17)16(21)19-9-14(20)18-6-5-13-8-11-3-4-12(13)7-11/h10-13,15H,3-9,17H2,1-2H3,(H,18,20)(H,19,21)/t11?,12?,13?,15-/m0/s1. The zero-order valence-corrected chi connectivity index (χ0v) is 13.2. The smallest absolute Gasteiger partial charge is 0.239 e. The minimum atomic E-state index is -0.549. The topological polar surface area (TPSA) is 84.2 Å². The second-order valence-electron chi connectivity index (χ2n) is 7.06. The Morgan fingerprint density at radius 3 is 2.52 bits per heavy atom. The van der Waals surface area contributed by atoms with Crippen molar-refractivity contribution < 1.29 is 9.59 Å². The third-order valence-electron chi connectivity index (χ3n) is 5.17. The second-order valence-corrected chi connectivity index (χ2v) is 7.06. The van der Waals surface area contributed by atoms with E-state index in [1.165, 1.54) is 25.7 Å². The number of nitrogens with one attached hydrogen (secondary N) is 2. The summed E-state index contributed by atoms with van der Waals surface area (Å²) in [7, 11) is 0. The van der Waals surface area contributed by atoms with Crippen LogP contribution in [0.25, 0.3) is 0 Å². The molecule has 2 saturated carbocycles. The molecule has 4 N–H and O–H groups in total. The lowest BCUT2D eigenvalue weighted by molar-refractivity contribution is -0.127. The van der Waals surface area contributed by atoms with Crippen LogP contribution in [0.15, 0.2) is 0 Å². The monoisotopic (exact) mass is 295 g/mol. The Morgan fingerprint density at radius 1 is 1.19 bits per heavy atom. The fourth-order valence-corrected chi connectivity index (χ4v) is 3.78. The summed E-state index contributed by atoms with van der Waals surface area (Å²) < 4.78 is 0. The molecule has 0 saturated heterocycles. The maximum atomic E-state index is 11.7. The molecule has 2 amide bonds. The number of fused-ring (bicyclic) bond motifs is 2. The van der Waals surface area contributed by atoms with E-state index in [4.69, 9.17) is 5.73 Å². The van der Waals surface area contributed by atoms with Crippen molar-refractivity contribution in [3.05, 3.63) is 0 Å². The van der Waals surface area contributed by atoms with E-state index in [9.17, 15) is 9.59 Å². The van der Waals surface area contributed by atoms with Crippen molar-refractivity contribution in [1.29, 1.82) is 0 Å². The van der Waals surface area contributed by atoms with Crippen LogP contribution in [0.2, 0.25) is 0 Å². The van der Waals surface area contributed by atoms with Crippen LogP contribution in [0.3, 0.4) is 0 Å². The van der Waals surface area contributed by atoms with E-state index < -0.39 is 6.04 Å². The molecule has 2 bridgehead atoms. The Morgan fingerprint density at radius 2 is 1.95 bits per heavy atom. The van der Waals surface area contributed by atoms with Crippen LogP contribution in [0.4, 0.5) is 0 Å². The van der Waals surface area contributed by atoms with Gasteiger partial charge in [0.1, 0.15) is 0 Å². The van der Waals surface area contributed by atoms with Gasteiger partial charge in [-0.3, -0.25) is 9.59 Å². The van der Waals surface area contributed by atoms with Gasteiger partial charge in [0.2, 0.25) is 11.8 Å². The molecular weight excluding hydrogens is 266 g/mol. The Bertz CT molecular complexity index is 384. The molecule has 0 aromatic rings. The lowest BCUT2D eigenvalue weighted by Gasteiger charge is -2.21. The highest BCUT2D eigenvalue weighted by molar-refractivity contribution is 5.87. The van der Waals surface area contributed by atoms with Gasteiger partial charge in [0, 0.05) is 6.54 Å². The van der Waals surface area contributed by atoms with E-state index in [2.05, 4.69) is 10.6 Å². The zero-order chi connectivity index (χ0) is 15.4. The summed E-state index contributed by atoms with van der Waals surface area (Å²) >= 11 is 0. The van der Waals surface area contributed by atoms with Crippen molar-refractivity contribution in [3.8, 4) is 0 Å². The third-order valence-corrected chi connectivity index (χ3v) is 5.17. The number of hydrogen-bond donors (Lipinski definition) is 3. The Balaban J connectivity index is 1.56. The summed E-state index contributed by atoms with van der Waals surface area (Å²) in [6.07, 6.45) is 6.62. The van der Waals surface area contributed by atoms with Crippen LogP contribution in [0.1, 0.15) is 46.0 Å². The van der Waals surface area contributed by atoms with E-state index in [1.807, 2.05) is 13.8 Å². The molecule has 5 heteroatoms. The van der Waals surface area contributed by atoms with Crippen molar-refractivity contribution in [2.24, 2.45) is 29.4 Å². The summed E-state index contributed by atoms with van der Waals surface area (Å²) in [5, 5.41) is 5.49. The maximum absolute atomic E-state index is 11.7. The zero-order valence-electron chi connectivity index (χ0n) is 13.2. The highest BCUT2D eigenvalue weighted by Crippen LogP contribution is 2.49. The lowest BCUT2D eigenvalue weighted by atomic mass is 9.86. The molecule has 120 valence electrons. The quantitative estimate of drug-likeness (QED) is 0.656. The van der Waals surface area contributed by atoms with E-state index in [-0.39, 0.29) is 24.3 Å². The van der Waals surface area contributed by atoms with Crippen molar-refractivity contribution in [2.75, 3.05) is 13.1 Å². The Kier molecular flexibility index (Phi) is 5.62. The molecule has 2 rings (SSSR count). The van der Waals surface area contributed by atoms with Gasteiger partial charge in [0.05, 0.1) is 12.6 Å². The first-order valence-electron chi connectivity index (χ1n) is 8.27. The predicted molar refractivity (Wildman–Crippen MR) is 82.4 cm³/mol. The minimum Gasteiger partial charge on any atom is -0.355 e. The number of hydrogen-bond acceptors (Lipinski definition) is 3. The number of carbonyl (C=O) groups is 2. The second kappa shape index (κ2) is 7.25. The summed E-state index contributed by atoms with van der Waals surface area (Å²) in [6, 6.07) is -0.549. The molecule has 2 fully saturated rings. The fourth-order valence-electron chi connectivity index (χ4n) is 3.78. The predicted octanol–water partition coefficient (Wildman–Crippen LogP) is 1.03. The van der Waals surface area contributed by atoms with Gasteiger partial charge in [-0.05, 0) is 49.4 Å². The van der Waals surface area contributed by atoms with Gasteiger partial charge in [-0.25, -0.2) is 0 Å². The number of carbonyl (C=O) groups excluding carboxylic acids is 2. The number of amides is 2. The highest BCUT2D eigenvalue weighted by Gasteiger charge is 2.38. The largest absolute Gasteiger partial charge is 0.355 e. The summed E-state index contributed by atoms with van der Waals surface area (Å²) in [5.74, 6) is 2.35. The van der Waals surface area contributed by atoms with Gasteiger partial charge < -0.3 is 16.4 Å². The lowest BCUT2D eigenvalue weighted by Crippen LogP contribution is -2.47. The highest BCUT2D eigenvalue weighted by atomic mass is 16.2. The van der Waals surface area contributed by atoms with Gasteiger partial charge in [0.25, 0.3) is 0 Å². The molecule has 21 heavy (non-hydrogen) atoms. The number of rotatable bonds is 7. The van der Waals surface area contributed by atoms with Crippen LogP contribution in [0, 0.1) is 23.7 Å². The van der Waals surface area contributed by atoms with Crippen molar-refractivity contribution in [1.82, 2.24) is 10.6 Å². The van der Waals surface area contributed by atoms with E-state index in [0.29, 0.717) is 0 Å². The summed E-state index contributed by atoms with van der Waals surface area (Å²) in [6.45, 7) is 4.52. The van der Waals surface area contributed by atoms with Crippen LogP contribution >= 0.6 is 0 Å². The molecule has 0 radical (unpaired) electrons. The molecule has 0 heterocycles. The first-order chi connectivity index (χ1) is 9.97. The summed E-state index contributed by atoms with van der Waals surface area (Å²) in [5.41, 5.74) is 5.72. The van der Waals surface area contributed by atoms with Gasteiger partial charge in [-0.15, -0.1) is 0 Å². The van der Waals surface area contributed by atoms with Crippen LogP contribution < -0.4 is 16.4 Å². The molecule has 2 aliphatic rings. The molecule has 3 unspecified atom stereocenters. The number of nitrogens with two attached hydrogens (primary N) is 1. The van der Waals surface area contributed by atoms with Crippen LogP contribution in [-0.2, 0) is 9.59 Å². The average molecular weight is 295 g/mol. The minimum absolute atomic E-state index is 0.0238. The van der Waals surface area contributed by atoms with Gasteiger partial charge in [-0.2, -0.15) is 0 Å². The van der Waals surface area contributed by atoms with Gasteiger partial charge >= 0.3 is 0 Å². The van der Waals surface area contributed by atoms with Crippen LogP contribution in [0.5, 0.6) is 0 Å². The molecule has 5 nitrogen and oxygen atoms in total. The molecular formula is C16H29N3O2. The average Bonchev–Trinajstić information content (AvgIpc) is 3.06. The molecule has 0 aliphatic heterocycles. The van der Waals surface area contributed by atoms with Crippen LogP contribution in [-0.4, -0.2) is 30.9 Å². The van der Waals surface area contributed by atoms with E-state index in [1.54, 1.807) is 0 Å². The van der Waals surface area contributed by atoms with Gasteiger partial charge in [-0.1, -0.05) is 20.3 Å². The van der Waals surface area contributed by atoms with Crippen molar-refractivity contribution in [2.45, 2.75) is 52.0 Å². The first kappa shape index (κ1) is 16.3. The van der Waals surface area contributed by atoms with Gasteiger partial charge in [0.15, 0.2) is 0 Å². The Hall–Kier alpha value is -1.10. The maximum Gasteiger partial charge on any atom is 0.239 e. The van der Waals surface area contributed by atoms with Crippen molar-refractivity contribution >= 4 is 11.8 Å². The summed E-state index contributed by atoms with van der Waals surface area (Å²) in [4.78, 5) is 23.3. The third kappa shape index (κ3) is 4.43. The van der Waals surface area contributed by atoms with Crippen molar-refractivity contribution in [3.63, 3.8) is 0 Å². The normalized spacial score (nSPS) is 28.7. The van der Waals surface area contributed by atoms with E-state index >= 15 is 0 Å². The fraction of sp³-hybridized carbons (Fsp3) is 0.875. The molecule has 2 aliphatic carbocycles. The molecule has 0 aromatic heterocycles. The molecule has 4 atom stereocenters. The molecule has 0 aromatic carbocycles. The van der Waals surface area contributed by atoms with E-state index in [0.717, 1.165) is 30.7 Å². The Labute approximate surface area is 127 Å².